The van der Waals surface area contributed by atoms with Crippen LogP contribution in [0.3, 0.4) is 0 Å². The van der Waals surface area contributed by atoms with Crippen molar-refractivity contribution < 1.29 is 14.0 Å². The van der Waals surface area contributed by atoms with Crippen molar-refractivity contribution in [1.29, 1.82) is 0 Å². The Morgan fingerprint density at radius 2 is 1.72 bits per heavy atom. The van der Waals surface area contributed by atoms with E-state index >= 15 is 4.39 Å². The summed E-state index contributed by atoms with van der Waals surface area (Å²) in [6.45, 7) is 2.33. The van der Waals surface area contributed by atoms with Gasteiger partial charge < -0.3 is 15.5 Å². The number of carbonyl (C=O) groups excluding carboxylic acids is 2. The topological polar surface area (TPSA) is 92.2 Å². The van der Waals surface area contributed by atoms with Gasteiger partial charge in [0.2, 0.25) is 5.91 Å². The van der Waals surface area contributed by atoms with Gasteiger partial charge in [-0.2, -0.15) is 5.10 Å². The fourth-order valence-corrected chi connectivity index (χ4v) is 8.72. The van der Waals surface area contributed by atoms with Gasteiger partial charge in [-0.1, -0.05) is 49.6 Å². The van der Waals surface area contributed by atoms with E-state index in [2.05, 4.69) is 32.8 Å². The zero-order valence-electron chi connectivity index (χ0n) is 28.4. The number of nitrogens with zero attached hydrogens (tertiary/aromatic N) is 4. The number of aryl methyl sites for hydroxylation is 1. The van der Waals surface area contributed by atoms with Crippen LogP contribution in [0.25, 0.3) is 10.9 Å². The first kappa shape index (κ1) is 32.2. The van der Waals surface area contributed by atoms with Gasteiger partial charge in [0.05, 0.1) is 41.5 Å². The van der Waals surface area contributed by atoms with Crippen LogP contribution in [-0.4, -0.2) is 43.6 Å². The number of halogens is 1. The zero-order valence-corrected chi connectivity index (χ0v) is 28.4. The lowest BCUT2D eigenvalue weighted by Gasteiger charge is -2.48. The van der Waals surface area contributed by atoms with Crippen LogP contribution >= 0.6 is 0 Å². The summed E-state index contributed by atoms with van der Waals surface area (Å²) >= 11 is 0. The van der Waals surface area contributed by atoms with E-state index in [1.165, 1.54) is 18.9 Å². The maximum Gasteiger partial charge on any atom is 0.257 e. The zero-order chi connectivity index (χ0) is 34.2. The molecule has 8 rings (SSSR count). The first-order valence-corrected chi connectivity index (χ1v) is 18.0. The van der Waals surface area contributed by atoms with Crippen LogP contribution in [0, 0.1) is 24.6 Å². The molecule has 0 spiro atoms. The average molecular weight is 671 g/mol. The third-order valence-corrected chi connectivity index (χ3v) is 11.1. The Morgan fingerprint density at radius 1 is 0.900 bits per heavy atom. The number of amides is 2. The predicted octanol–water partition coefficient (Wildman–Crippen LogP) is 8.29. The number of fused-ring (bicyclic) bond motifs is 2. The molecule has 2 aromatic heterocycles. The maximum absolute atomic E-state index is 15.4. The number of hydrogen-bond acceptors (Lipinski definition) is 5. The number of hydrogen-bond donors (Lipinski definition) is 2. The molecule has 2 saturated carbocycles. The molecule has 256 valence electrons. The van der Waals surface area contributed by atoms with E-state index < -0.39 is 17.8 Å². The molecule has 1 aliphatic heterocycles. The number of aromatic nitrogens is 3. The fraction of sp³-hybridized carbons (Fsp3) is 0.366. The first-order valence-electron chi connectivity index (χ1n) is 18.0. The smallest absolute Gasteiger partial charge is 0.257 e. The van der Waals surface area contributed by atoms with E-state index in [4.69, 9.17) is 0 Å². The summed E-state index contributed by atoms with van der Waals surface area (Å²) in [4.78, 5) is 35.4. The molecular weight excluding hydrogens is 627 g/mol. The highest BCUT2D eigenvalue weighted by Gasteiger charge is 2.50. The Balaban J connectivity index is 1.12. The molecular formula is C41H43FN6O2. The van der Waals surface area contributed by atoms with Crippen molar-refractivity contribution in [3.63, 3.8) is 0 Å². The number of carbonyl (C=O) groups is 2. The number of likely N-dealkylation sites (tertiary alicyclic amines) is 1. The van der Waals surface area contributed by atoms with Crippen LogP contribution in [0.1, 0.15) is 84.6 Å². The Bertz CT molecular complexity index is 1980. The van der Waals surface area contributed by atoms with Crippen molar-refractivity contribution >= 4 is 34.1 Å². The second-order valence-corrected chi connectivity index (χ2v) is 14.3. The van der Waals surface area contributed by atoms with Gasteiger partial charge in [-0.15, -0.1) is 0 Å². The monoisotopic (exact) mass is 670 g/mol. The summed E-state index contributed by atoms with van der Waals surface area (Å²) in [5.41, 5.74) is 5.15. The highest BCUT2D eigenvalue weighted by atomic mass is 19.1. The number of piperidine rings is 1. The van der Waals surface area contributed by atoms with E-state index in [1.807, 2.05) is 58.1 Å². The molecule has 50 heavy (non-hydrogen) atoms. The molecule has 4 atom stereocenters. The van der Waals surface area contributed by atoms with E-state index in [1.54, 1.807) is 31.5 Å². The van der Waals surface area contributed by atoms with Crippen molar-refractivity contribution in [2.75, 3.05) is 10.6 Å². The molecule has 3 aliphatic rings. The lowest BCUT2D eigenvalue weighted by Crippen LogP contribution is -2.54. The Kier molecular flexibility index (Phi) is 8.81. The molecule has 8 nitrogen and oxygen atoms in total. The summed E-state index contributed by atoms with van der Waals surface area (Å²) in [5, 5.41) is 12.4. The minimum atomic E-state index is -0.550. The van der Waals surface area contributed by atoms with E-state index in [0.717, 1.165) is 60.0 Å². The van der Waals surface area contributed by atoms with Crippen molar-refractivity contribution in [2.24, 2.45) is 11.8 Å². The number of rotatable bonds is 8. The van der Waals surface area contributed by atoms with Gasteiger partial charge in [-0.05, 0) is 105 Å². The third kappa shape index (κ3) is 6.25. The molecule has 3 unspecified atom stereocenters. The van der Waals surface area contributed by atoms with Crippen LogP contribution in [0.4, 0.5) is 15.8 Å². The molecule has 3 aromatic carbocycles. The molecule has 3 heterocycles. The molecule has 2 aliphatic carbocycles. The molecule has 1 saturated heterocycles. The standard InChI is InChI=1S/C41H43FN6O2/c1-26-8-6-13-35(42)38(26)41(50)48-37-14-7-9-28(37)23-34(39(48)27-15-17-31(18-16-27)45-30-10-2-3-11-30)40(49)46-32-19-20-36-29(22-32)24-44-47(36)25-33-12-4-5-21-43-33/h4-6,8,12-13,15-22,24,28,30,34,37,39,45H,2-3,7,9-11,14,23,25H2,1H3,(H,46,49)/t28?,34?,37?,39-/m0/s1. The van der Waals surface area contributed by atoms with Gasteiger partial charge in [-0.3, -0.25) is 19.3 Å². The van der Waals surface area contributed by atoms with Gasteiger partial charge in [-0.25, -0.2) is 4.39 Å². The largest absolute Gasteiger partial charge is 0.382 e. The SMILES string of the molecule is Cc1cccc(F)c1C(=O)N1C2CCCC2CC(C(=O)Nc2ccc3c(cnn3Cc3ccccn3)c2)[C@@H]1c1ccc(NC2CCCC2)cc1. The molecule has 2 N–H and O–H groups in total. The molecule has 9 heteroatoms. The molecule has 0 radical (unpaired) electrons. The lowest BCUT2D eigenvalue weighted by molar-refractivity contribution is -0.125. The van der Waals surface area contributed by atoms with Gasteiger partial charge >= 0.3 is 0 Å². The molecule has 3 fully saturated rings. The van der Waals surface area contributed by atoms with Gasteiger partial charge in [0.15, 0.2) is 0 Å². The Hall–Kier alpha value is -5.05. The van der Waals surface area contributed by atoms with Crippen LogP contribution in [0.5, 0.6) is 0 Å². The number of nitrogens with one attached hydrogen (secondary N) is 2. The minimum absolute atomic E-state index is 0.0619. The van der Waals surface area contributed by atoms with Gasteiger partial charge in [0, 0.05) is 35.0 Å². The molecule has 0 bridgehead atoms. The highest BCUT2D eigenvalue weighted by Crippen LogP contribution is 2.49. The normalized spacial score (nSPS) is 22.1. The van der Waals surface area contributed by atoms with Crippen LogP contribution in [0.2, 0.25) is 0 Å². The minimum Gasteiger partial charge on any atom is -0.382 e. The predicted molar refractivity (Wildman–Crippen MR) is 193 cm³/mol. The van der Waals surface area contributed by atoms with Gasteiger partial charge in [0.1, 0.15) is 5.82 Å². The summed E-state index contributed by atoms with van der Waals surface area (Å²) < 4.78 is 17.3. The summed E-state index contributed by atoms with van der Waals surface area (Å²) in [7, 11) is 0. The maximum atomic E-state index is 15.4. The lowest BCUT2D eigenvalue weighted by atomic mass is 9.76. The van der Waals surface area contributed by atoms with E-state index in [-0.39, 0.29) is 29.3 Å². The number of pyridine rings is 1. The van der Waals surface area contributed by atoms with Crippen molar-refractivity contribution in [3.05, 3.63) is 119 Å². The summed E-state index contributed by atoms with van der Waals surface area (Å²) in [6, 6.07) is 24.5. The van der Waals surface area contributed by atoms with E-state index in [9.17, 15) is 9.59 Å². The second kappa shape index (κ2) is 13.7. The van der Waals surface area contributed by atoms with Crippen LogP contribution in [-0.2, 0) is 11.3 Å². The molecule has 2 amide bonds. The summed E-state index contributed by atoms with van der Waals surface area (Å²) in [5.74, 6) is -1.37. The Labute approximate surface area is 292 Å². The fourth-order valence-electron chi connectivity index (χ4n) is 8.72. The summed E-state index contributed by atoms with van der Waals surface area (Å²) in [6.07, 6.45) is 11.8. The van der Waals surface area contributed by atoms with Crippen molar-refractivity contribution in [1.82, 2.24) is 19.7 Å². The first-order chi connectivity index (χ1) is 24.4. The Morgan fingerprint density at radius 3 is 2.50 bits per heavy atom. The van der Waals surface area contributed by atoms with Gasteiger partial charge in [0.25, 0.3) is 5.91 Å². The van der Waals surface area contributed by atoms with Crippen molar-refractivity contribution in [2.45, 2.75) is 83.0 Å². The third-order valence-electron chi connectivity index (χ3n) is 11.1. The van der Waals surface area contributed by atoms with Crippen LogP contribution < -0.4 is 10.6 Å². The quantitative estimate of drug-likeness (QED) is 0.173. The van der Waals surface area contributed by atoms with Crippen LogP contribution in [0.15, 0.2) is 91.3 Å². The average Bonchev–Trinajstić information content (AvgIpc) is 3.90. The second-order valence-electron chi connectivity index (χ2n) is 14.3. The number of benzene rings is 3. The molecule has 5 aromatic rings. The number of anilines is 2. The van der Waals surface area contributed by atoms with Crippen molar-refractivity contribution in [3.8, 4) is 0 Å². The van der Waals surface area contributed by atoms with E-state index in [0.29, 0.717) is 30.3 Å². The highest BCUT2D eigenvalue weighted by molar-refractivity contribution is 5.99.